The highest BCUT2D eigenvalue weighted by atomic mass is 35.5. The van der Waals surface area contributed by atoms with E-state index in [-0.39, 0.29) is 5.41 Å². The van der Waals surface area contributed by atoms with Gasteiger partial charge >= 0.3 is 0 Å². The van der Waals surface area contributed by atoms with Crippen molar-refractivity contribution >= 4 is 28.9 Å². The monoisotopic (exact) mass is 284 g/mol. The molecule has 98 valence electrons. The summed E-state index contributed by atoms with van der Waals surface area (Å²) >= 11 is 12.2. The van der Waals surface area contributed by atoms with Crippen LogP contribution in [0.15, 0.2) is 12.1 Å². The van der Waals surface area contributed by atoms with Gasteiger partial charge in [-0.2, -0.15) is 5.26 Å². The van der Waals surface area contributed by atoms with E-state index < -0.39 is 0 Å². The average molecular weight is 285 g/mol. The van der Waals surface area contributed by atoms with Crippen molar-refractivity contribution < 1.29 is 0 Å². The van der Waals surface area contributed by atoms with Gasteiger partial charge in [0.05, 0.1) is 16.8 Å². The molecule has 1 N–H and O–H groups in total. The molecule has 0 saturated heterocycles. The van der Waals surface area contributed by atoms with Crippen molar-refractivity contribution in [3.63, 3.8) is 0 Å². The quantitative estimate of drug-likeness (QED) is 0.822. The maximum absolute atomic E-state index is 8.62. The van der Waals surface area contributed by atoms with E-state index in [0.717, 1.165) is 24.2 Å². The smallest absolute Gasteiger partial charge is 0.0641 e. The van der Waals surface area contributed by atoms with Crippen LogP contribution in [0.5, 0.6) is 0 Å². The SMILES string of the molecule is Cc1cc(Cl)c(NCC(C)(C)CCC#N)cc1Cl. The summed E-state index contributed by atoms with van der Waals surface area (Å²) in [6.45, 7) is 6.94. The van der Waals surface area contributed by atoms with E-state index >= 15 is 0 Å². The van der Waals surface area contributed by atoms with Crippen molar-refractivity contribution in [2.45, 2.75) is 33.6 Å². The van der Waals surface area contributed by atoms with Crippen LogP contribution in [0.2, 0.25) is 10.0 Å². The Labute approximate surface area is 119 Å². The number of rotatable bonds is 5. The highest BCUT2D eigenvalue weighted by Gasteiger charge is 2.17. The van der Waals surface area contributed by atoms with Gasteiger partial charge in [-0.3, -0.25) is 0 Å². The Hall–Kier alpha value is -0.910. The zero-order valence-electron chi connectivity index (χ0n) is 11.0. The molecule has 1 rings (SSSR count). The Morgan fingerprint density at radius 1 is 1.28 bits per heavy atom. The summed E-state index contributed by atoms with van der Waals surface area (Å²) in [5, 5.41) is 13.3. The molecule has 1 aromatic carbocycles. The standard InChI is InChI=1S/C14H18Cl2N2/c1-10-7-12(16)13(8-11(10)15)18-9-14(2,3)5-4-6-17/h7-8,18H,4-5,9H2,1-3H3. The number of halogens is 2. The van der Waals surface area contributed by atoms with Gasteiger partial charge in [-0.25, -0.2) is 0 Å². The second kappa shape index (κ2) is 6.31. The lowest BCUT2D eigenvalue weighted by Crippen LogP contribution is -2.23. The summed E-state index contributed by atoms with van der Waals surface area (Å²) in [4.78, 5) is 0. The normalized spacial score (nSPS) is 11.1. The minimum Gasteiger partial charge on any atom is -0.383 e. The third-order valence-corrected chi connectivity index (χ3v) is 3.64. The third kappa shape index (κ3) is 4.40. The van der Waals surface area contributed by atoms with Gasteiger partial charge in [0.25, 0.3) is 0 Å². The maximum Gasteiger partial charge on any atom is 0.0641 e. The molecule has 1 aromatic rings. The Morgan fingerprint density at radius 3 is 2.56 bits per heavy atom. The van der Waals surface area contributed by atoms with E-state index in [2.05, 4.69) is 25.2 Å². The first kappa shape index (κ1) is 15.1. The molecule has 0 heterocycles. The second-order valence-corrected chi connectivity index (χ2v) is 6.07. The molecule has 0 atom stereocenters. The van der Waals surface area contributed by atoms with Gasteiger partial charge in [0.1, 0.15) is 0 Å². The summed E-state index contributed by atoms with van der Waals surface area (Å²) in [7, 11) is 0. The Bertz CT molecular complexity index is 462. The van der Waals surface area contributed by atoms with E-state index in [9.17, 15) is 0 Å². The van der Waals surface area contributed by atoms with Gasteiger partial charge in [0.2, 0.25) is 0 Å². The lowest BCUT2D eigenvalue weighted by Gasteiger charge is -2.25. The third-order valence-electron chi connectivity index (χ3n) is 2.92. The number of anilines is 1. The molecule has 0 unspecified atom stereocenters. The van der Waals surface area contributed by atoms with Crippen LogP contribution >= 0.6 is 23.2 Å². The topological polar surface area (TPSA) is 35.8 Å². The fraction of sp³-hybridized carbons (Fsp3) is 0.500. The first-order valence-electron chi connectivity index (χ1n) is 5.92. The molecule has 0 aromatic heterocycles. The predicted molar refractivity (Wildman–Crippen MR) is 78.3 cm³/mol. The van der Waals surface area contributed by atoms with Gasteiger partial charge < -0.3 is 5.32 Å². The number of aryl methyl sites for hydroxylation is 1. The fourth-order valence-electron chi connectivity index (χ4n) is 1.60. The molecule has 0 aliphatic rings. The largest absolute Gasteiger partial charge is 0.383 e. The number of hydrogen-bond acceptors (Lipinski definition) is 2. The molecule has 0 amide bonds. The highest BCUT2D eigenvalue weighted by molar-refractivity contribution is 6.35. The summed E-state index contributed by atoms with van der Waals surface area (Å²) in [5.41, 5.74) is 1.87. The van der Waals surface area contributed by atoms with E-state index in [1.807, 2.05) is 19.1 Å². The van der Waals surface area contributed by atoms with Crippen molar-refractivity contribution in [2.24, 2.45) is 5.41 Å². The van der Waals surface area contributed by atoms with Crippen molar-refractivity contribution in [3.05, 3.63) is 27.7 Å². The Kier molecular flexibility index (Phi) is 5.31. The van der Waals surface area contributed by atoms with Crippen LogP contribution in [0, 0.1) is 23.7 Å². The van der Waals surface area contributed by atoms with Crippen molar-refractivity contribution in [1.82, 2.24) is 0 Å². The summed E-state index contributed by atoms with van der Waals surface area (Å²) in [5.74, 6) is 0. The molecule has 0 radical (unpaired) electrons. The van der Waals surface area contributed by atoms with E-state index in [1.165, 1.54) is 0 Å². The van der Waals surface area contributed by atoms with Gasteiger partial charge in [-0.15, -0.1) is 0 Å². The summed E-state index contributed by atoms with van der Waals surface area (Å²) < 4.78 is 0. The second-order valence-electron chi connectivity index (χ2n) is 5.26. The molecule has 0 aliphatic carbocycles. The maximum atomic E-state index is 8.62. The number of hydrogen-bond donors (Lipinski definition) is 1. The Morgan fingerprint density at radius 2 is 1.94 bits per heavy atom. The molecule has 18 heavy (non-hydrogen) atoms. The number of nitriles is 1. The molecular weight excluding hydrogens is 267 g/mol. The van der Waals surface area contributed by atoms with Gasteiger partial charge in [-0.1, -0.05) is 37.0 Å². The van der Waals surface area contributed by atoms with Crippen molar-refractivity contribution in [3.8, 4) is 6.07 Å². The minimum absolute atomic E-state index is 0.0520. The highest BCUT2D eigenvalue weighted by Crippen LogP contribution is 2.30. The van der Waals surface area contributed by atoms with Gasteiger partial charge in [0, 0.05) is 18.0 Å². The molecule has 4 heteroatoms. The minimum atomic E-state index is 0.0520. The molecular formula is C14H18Cl2N2. The molecule has 0 aliphatic heterocycles. The van der Waals surface area contributed by atoms with Gasteiger partial charge in [-0.05, 0) is 36.5 Å². The summed E-state index contributed by atoms with van der Waals surface area (Å²) in [6.07, 6.45) is 1.42. The van der Waals surface area contributed by atoms with Crippen molar-refractivity contribution in [1.29, 1.82) is 5.26 Å². The van der Waals surface area contributed by atoms with Crippen LogP contribution in [0.1, 0.15) is 32.3 Å². The Balaban J connectivity index is 2.69. The first-order valence-corrected chi connectivity index (χ1v) is 6.68. The fourth-order valence-corrected chi connectivity index (χ4v) is 2.05. The molecule has 0 bridgehead atoms. The molecule has 0 spiro atoms. The van der Waals surface area contributed by atoms with Gasteiger partial charge in [0.15, 0.2) is 0 Å². The lowest BCUT2D eigenvalue weighted by molar-refractivity contribution is 0.364. The van der Waals surface area contributed by atoms with Crippen LogP contribution in [0.4, 0.5) is 5.69 Å². The summed E-state index contributed by atoms with van der Waals surface area (Å²) in [6, 6.07) is 5.88. The zero-order valence-corrected chi connectivity index (χ0v) is 12.5. The van der Waals surface area contributed by atoms with Crippen LogP contribution in [-0.2, 0) is 0 Å². The van der Waals surface area contributed by atoms with E-state index in [0.29, 0.717) is 16.5 Å². The number of benzene rings is 1. The van der Waals surface area contributed by atoms with E-state index in [1.54, 1.807) is 0 Å². The molecule has 2 nitrogen and oxygen atoms in total. The van der Waals surface area contributed by atoms with E-state index in [4.69, 9.17) is 28.5 Å². The average Bonchev–Trinajstić information content (AvgIpc) is 2.30. The predicted octanol–water partition coefficient (Wildman–Crippen LogP) is 5.04. The van der Waals surface area contributed by atoms with Crippen LogP contribution in [0.3, 0.4) is 0 Å². The van der Waals surface area contributed by atoms with Crippen LogP contribution < -0.4 is 5.32 Å². The zero-order chi connectivity index (χ0) is 13.8. The molecule has 0 fully saturated rings. The number of nitrogens with one attached hydrogen (secondary N) is 1. The number of nitrogens with zero attached hydrogens (tertiary/aromatic N) is 1. The first-order chi connectivity index (χ1) is 8.35. The van der Waals surface area contributed by atoms with Crippen LogP contribution in [0.25, 0.3) is 0 Å². The molecule has 0 saturated carbocycles. The van der Waals surface area contributed by atoms with Crippen LogP contribution in [-0.4, -0.2) is 6.54 Å². The van der Waals surface area contributed by atoms with Crippen molar-refractivity contribution in [2.75, 3.05) is 11.9 Å². The lowest BCUT2D eigenvalue weighted by atomic mass is 9.88.